The van der Waals surface area contributed by atoms with Gasteiger partial charge in [0.15, 0.2) is 0 Å². The smallest absolute Gasteiger partial charge is 0.0130 e. The van der Waals surface area contributed by atoms with Crippen LogP contribution in [0, 0.1) is 6.42 Å². The molecule has 0 aliphatic heterocycles. The summed E-state index contributed by atoms with van der Waals surface area (Å²) >= 11 is 0. The third kappa shape index (κ3) is 13.4. The first-order valence-electron chi connectivity index (χ1n) is 7.83. The number of rotatable bonds is 9. The van der Waals surface area contributed by atoms with Crippen LogP contribution in [0.1, 0.15) is 73.6 Å². The van der Waals surface area contributed by atoms with Gasteiger partial charge in [-0.05, 0) is 80.1 Å². The number of hydrogen-bond donors (Lipinski definition) is 0. The zero-order chi connectivity index (χ0) is 15.4. The molecule has 0 aromatic rings. The van der Waals surface area contributed by atoms with Gasteiger partial charge in [0.05, 0.1) is 0 Å². The molecular formula is C20H33. The highest BCUT2D eigenvalue weighted by Crippen LogP contribution is 2.11. The number of hydrogen-bond acceptors (Lipinski definition) is 0. The lowest BCUT2D eigenvalue weighted by molar-refractivity contribution is 0.950. The molecule has 0 aliphatic rings. The lowest BCUT2D eigenvalue weighted by atomic mass is 10.1. The standard InChI is InChI=1S/C20H33/c1-17(2)11-9-15-19(5)13-7-8-14-20(6)16-10-12-18(3)4/h7,11-14H,8-10,15-16H2,1-6H3/b19-13+,20-14-. The van der Waals surface area contributed by atoms with Gasteiger partial charge >= 0.3 is 0 Å². The third-order valence-corrected chi connectivity index (χ3v) is 3.19. The Balaban J connectivity index is 3.86. The molecule has 0 atom stereocenters. The van der Waals surface area contributed by atoms with Crippen molar-refractivity contribution in [3.63, 3.8) is 0 Å². The quantitative estimate of drug-likeness (QED) is 0.314. The van der Waals surface area contributed by atoms with Crippen LogP contribution >= 0.6 is 0 Å². The van der Waals surface area contributed by atoms with Crippen molar-refractivity contribution in [3.8, 4) is 0 Å². The Morgan fingerprint density at radius 1 is 0.650 bits per heavy atom. The summed E-state index contributed by atoms with van der Waals surface area (Å²) in [6.07, 6.45) is 17.3. The van der Waals surface area contributed by atoms with Crippen LogP contribution in [0.15, 0.2) is 46.6 Å². The van der Waals surface area contributed by atoms with Crippen LogP contribution in [-0.4, -0.2) is 0 Å². The fourth-order valence-electron chi connectivity index (χ4n) is 1.90. The minimum atomic E-state index is 1.06. The molecule has 0 amide bonds. The SMILES string of the molecule is CC(C)=CCC/C(C)=C\C[CH]/C=C(\C)CCC=C(C)C. The summed E-state index contributed by atoms with van der Waals surface area (Å²) in [5, 5.41) is 0. The van der Waals surface area contributed by atoms with Crippen molar-refractivity contribution in [2.24, 2.45) is 0 Å². The Kier molecular flexibility index (Phi) is 11.1. The molecule has 0 saturated heterocycles. The molecule has 0 bridgehead atoms. The van der Waals surface area contributed by atoms with Gasteiger partial charge in [-0.1, -0.05) is 46.6 Å². The van der Waals surface area contributed by atoms with Crippen molar-refractivity contribution < 1.29 is 0 Å². The van der Waals surface area contributed by atoms with Crippen LogP contribution in [0.3, 0.4) is 0 Å². The lowest BCUT2D eigenvalue weighted by Gasteiger charge is -2.00. The van der Waals surface area contributed by atoms with E-state index in [9.17, 15) is 0 Å². The largest absolute Gasteiger partial charge is 0.0856 e. The summed E-state index contributed by atoms with van der Waals surface area (Å²) < 4.78 is 0. The maximum absolute atomic E-state index is 2.35. The predicted octanol–water partition coefficient (Wildman–Crippen LogP) is 6.97. The van der Waals surface area contributed by atoms with Crippen molar-refractivity contribution in [2.45, 2.75) is 73.6 Å². The van der Waals surface area contributed by atoms with Gasteiger partial charge in [-0.3, -0.25) is 0 Å². The van der Waals surface area contributed by atoms with Crippen molar-refractivity contribution in [2.75, 3.05) is 0 Å². The summed E-state index contributed by atoms with van der Waals surface area (Å²) in [5.74, 6) is 0. The van der Waals surface area contributed by atoms with E-state index in [1.165, 1.54) is 41.6 Å². The van der Waals surface area contributed by atoms with E-state index in [0.717, 1.165) is 12.8 Å². The molecule has 0 nitrogen and oxygen atoms in total. The second-order valence-electron chi connectivity index (χ2n) is 6.18. The molecule has 0 aromatic heterocycles. The molecule has 0 heteroatoms. The van der Waals surface area contributed by atoms with Crippen LogP contribution in [-0.2, 0) is 0 Å². The van der Waals surface area contributed by atoms with Crippen LogP contribution < -0.4 is 0 Å². The Hall–Kier alpha value is -1.04. The molecule has 20 heavy (non-hydrogen) atoms. The monoisotopic (exact) mass is 273 g/mol. The van der Waals surface area contributed by atoms with E-state index < -0.39 is 0 Å². The maximum Gasteiger partial charge on any atom is -0.0130 e. The summed E-state index contributed by atoms with van der Waals surface area (Å²) in [6.45, 7) is 13.1. The zero-order valence-electron chi connectivity index (χ0n) is 14.4. The highest BCUT2D eigenvalue weighted by atomic mass is 14.0. The number of allylic oxidation sites excluding steroid dienone is 8. The van der Waals surface area contributed by atoms with Gasteiger partial charge in [-0.15, -0.1) is 0 Å². The van der Waals surface area contributed by atoms with Gasteiger partial charge in [0.25, 0.3) is 0 Å². The van der Waals surface area contributed by atoms with E-state index in [-0.39, 0.29) is 0 Å². The van der Waals surface area contributed by atoms with E-state index >= 15 is 0 Å². The third-order valence-electron chi connectivity index (χ3n) is 3.19. The Morgan fingerprint density at radius 2 is 1.15 bits per heavy atom. The zero-order valence-corrected chi connectivity index (χ0v) is 14.4. The van der Waals surface area contributed by atoms with E-state index in [1.54, 1.807) is 0 Å². The summed E-state index contributed by atoms with van der Waals surface area (Å²) in [4.78, 5) is 0. The Bertz CT molecular complexity index is 329. The Morgan fingerprint density at radius 3 is 1.65 bits per heavy atom. The van der Waals surface area contributed by atoms with Gasteiger partial charge in [0.2, 0.25) is 0 Å². The average Bonchev–Trinajstić information content (AvgIpc) is 2.33. The van der Waals surface area contributed by atoms with Crippen molar-refractivity contribution in [1.29, 1.82) is 0 Å². The molecular weight excluding hydrogens is 240 g/mol. The first kappa shape index (κ1) is 19.0. The highest BCUT2D eigenvalue weighted by molar-refractivity contribution is 5.11. The highest BCUT2D eigenvalue weighted by Gasteiger charge is 1.91. The first-order valence-corrected chi connectivity index (χ1v) is 7.83. The van der Waals surface area contributed by atoms with Crippen molar-refractivity contribution in [1.82, 2.24) is 0 Å². The van der Waals surface area contributed by atoms with Crippen LogP contribution in [0.5, 0.6) is 0 Å². The molecule has 0 spiro atoms. The summed E-state index contributed by atoms with van der Waals surface area (Å²) in [5.41, 5.74) is 5.79. The fourth-order valence-corrected chi connectivity index (χ4v) is 1.90. The minimum Gasteiger partial charge on any atom is -0.0856 e. The molecule has 0 aromatic carbocycles. The second kappa shape index (κ2) is 11.8. The first-order chi connectivity index (χ1) is 9.41. The molecule has 0 rings (SSSR count). The van der Waals surface area contributed by atoms with E-state index in [2.05, 4.69) is 72.3 Å². The van der Waals surface area contributed by atoms with Crippen molar-refractivity contribution in [3.05, 3.63) is 53.0 Å². The molecule has 0 aliphatic carbocycles. The second-order valence-corrected chi connectivity index (χ2v) is 6.18. The van der Waals surface area contributed by atoms with Gasteiger partial charge in [-0.25, -0.2) is 0 Å². The molecule has 0 unspecified atom stereocenters. The predicted molar refractivity (Wildman–Crippen MR) is 93.8 cm³/mol. The van der Waals surface area contributed by atoms with Gasteiger partial charge < -0.3 is 0 Å². The van der Waals surface area contributed by atoms with Gasteiger partial charge in [0.1, 0.15) is 0 Å². The topological polar surface area (TPSA) is 0 Å². The lowest BCUT2D eigenvalue weighted by Crippen LogP contribution is -1.80. The van der Waals surface area contributed by atoms with Gasteiger partial charge in [-0.2, -0.15) is 0 Å². The Labute approximate surface area is 127 Å². The van der Waals surface area contributed by atoms with Crippen LogP contribution in [0.25, 0.3) is 0 Å². The molecule has 0 N–H and O–H groups in total. The molecule has 0 saturated carbocycles. The van der Waals surface area contributed by atoms with Crippen LogP contribution in [0.4, 0.5) is 0 Å². The summed E-state index contributed by atoms with van der Waals surface area (Å²) in [6, 6.07) is 0. The fraction of sp³-hybridized carbons (Fsp3) is 0.550. The summed E-state index contributed by atoms with van der Waals surface area (Å²) in [7, 11) is 0. The van der Waals surface area contributed by atoms with E-state index in [1.807, 2.05) is 0 Å². The molecule has 0 fully saturated rings. The van der Waals surface area contributed by atoms with Gasteiger partial charge in [0, 0.05) is 0 Å². The van der Waals surface area contributed by atoms with Crippen molar-refractivity contribution >= 4 is 0 Å². The average molecular weight is 273 g/mol. The number of unbranched alkanes of at least 4 members (excludes halogenated alkanes) is 1. The molecule has 0 heterocycles. The maximum atomic E-state index is 2.35. The van der Waals surface area contributed by atoms with Crippen LogP contribution in [0.2, 0.25) is 0 Å². The van der Waals surface area contributed by atoms with E-state index in [0.29, 0.717) is 0 Å². The molecule has 1 radical (unpaired) electrons. The normalized spacial score (nSPS) is 12.3. The molecule has 113 valence electrons. The van der Waals surface area contributed by atoms with E-state index in [4.69, 9.17) is 0 Å². The minimum absolute atomic E-state index is 1.06.